The number of halogens is 3. The summed E-state index contributed by atoms with van der Waals surface area (Å²) in [7, 11) is 0. The number of benzene rings is 1. The minimum absolute atomic E-state index is 0.290. The molecule has 0 aliphatic carbocycles. The number of hydrogen-bond donors (Lipinski definition) is 0. The molecular formula is C8H3BrClFN2. The molecule has 2 nitrogen and oxygen atoms in total. The van der Waals surface area contributed by atoms with Gasteiger partial charge in [0.15, 0.2) is 4.73 Å². The van der Waals surface area contributed by atoms with Crippen molar-refractivity contribution < 1.29 is 4.39 Å². The summed E-state index contributed by atoms with van der Waals surface area (Å²) in [4.78, 5) is 7.89. The van der Waals surface area contributed by atoms with E-state index in [4.69, 9.17) is 11.6 Å². The molecule has 0 amide bonds. The van der Waals surface area contributed by atoms with Gasteiger partial charge in [-0.25, -0.2) is 14.4 Å². The maximum Gasteiger partial charge on any atom is 0.197 e. The Labute approximate surface area is 86.9 Å². The van der Waals surface area contributed by atoms with Gasteiger partial charge in [0.1, 0.15) is 5.82 Å². The second kappa shape index (κ2) is 3.20. The van der Waals surface area contributed by atoms with Gasteiger partial charge in [0, 0.05) is 11.6 Å². The van der Waals surface area contributed by atoms with Gasteiger partial charge < -0.3 is 0 Å². The van der Waals surface area contributed by atoms with Crippen LogP contribution in [0.15, 0.2) is 23.1 Å². The first-order valence-electron chi connectivity index (χ1n) is 3.44. The zero-order chi connectivity index (χ0) is 9.42. The third kappa shape index (κ3) is 1.64. The quantitative estimate of drug-likeness (QED) is 0.681. The SMILES string of the molecule is Fc1cc(Cl)c2nc(Br)ncc2c1. The molecule has 0 spiro atoms. The van der Waals surface area contributed by atoms with E-state index in [0.29, 0.717) is 15.6 Å². The van der Waals surface area contributed by atoms with Crippen LogP contribution in [-0.4, -0.2) is 9.97 Å². The lowest BCUT2D eigenvalue weighted by atomic mass is 10.2. The Kier molecular flexibility index (Phi) is 2.17. The molecule has 0 unspecified atom stereocenters. The fourth-order valence-corrected chi connectivity index (χ4v) is 1.58. The maximum absolute atomic E-state index is 12.8. The molecule has 0 aliphatic rings. The van der Waals surface area contributed by atoms with Gasteiger partial charge in [-0.1, -0.05) is 11.6 Å². The summed E-state index contributed by atoms with van der Waals surface area (Å²) >= 11 is 8.89. The molecule has 0 radical (unpaired) electrons. The molecule has 66 valence electrons. The van der Waals surface area contributed by atoms with E-state index in [1.165, 1.54) is 18.3 Å². The van der Waals surface area contributed by atoms with Gasteiger partial charge in [-0.3, -0.25) is 0 Å². The highest BCUT2D eigenvalue weighted by molar-refractivity contribution is 9.10. The molecule has 13 heavy (non-hydrogen) atoms. The van der Waals surface area contributed by atoms with Crippen molar-refractivity contribution in [3.05, 3.63) is 33.9 Å². The highest BCUT2D eigenvalue weighted by atomic mass is 79.9. The van der Waals surface area contributed by atoms with Crippen LogP contribution in [0.2, 0.25) is 5.02 Å². The minimum atomic E-state index is -0.386. The van der Waals surface area contributed by atoms with Crippen molar-refractivity contribution in [2.75, 3.05) is 0 Å². The molecule has 1 heterocycles. The van der Waals surface area contributed by atoms with Crippen LogP contribution < -0.4 is 0 Å². The molecule has 0 aliphatic heterocycles. The van der Waals surface area contributed by atoms with E-state index in [1.807, 2.05) is 0 Å². The third-order valence-electron chi connectivity index (χ3n) is 1.57. The fraction of sp³-hybridized carbons (Fsp3) is 0. The van der Waals surface area contributed by atoms with Crippen LogP contribution in [-0.2, 0) is 0 Å². The maximum atomic E-state index is 12.8. The molecule has 1 aromatic carbocycles. The van der Waals surface area contributed by atoms with Gasteiger partial charge >= 0.3 is 0 Å². The predicted molar refractivity (Wildman–Crippen MR) is 52.2 cm³/mol. The Morgan fingerprint density at radius 2 is 2.15 bits per heavy atom. The monoisotopic (exact) mass is 260 g/mol. The van der Waals surface area contributed by atoms with E-state index >= 15 is 0 Å². The van der Waals surface area contributed by atoms with Crippen LogP contribution in [0.5, 0.6) is 0 Å². The molecule has 0 saturated carbocycles. The van der Waals surface area contributed by atoms with Crippen LogP contribution in [0, 0.1) is 5.82 Å². The van der Waals surface area contributed by atoms with Crippen LogP contribution in [0.3, 0.4) is 0 Å². The van der Waals surface area contributed by atoms with Gasteiger partial charge in [-0.2, -0.15) is 0 Å². The molecule has 0 N–H and O–H groups in total. The normalized spacial score (nSPS) is 10.7. The zero-order valence-corrected chi connectivity index (χ0v) is 8.60. The lowest BCUT2D eigenvalue weighted by molar-refractivity contribution is 0.629. The lowest BCUT2D eigenvalue weighted by Crippen LogP contribution is -1.86. The van der Waals surface area contributed by atoms with Crippen molar-refractivity contribution in [1.29, 1.82) is 0 Å². The van der Waals surface area contributed by atoms with E-state index in [2.05, 4.69) is 25.9 Å². The number of aromatic nitrogens is 2. The minimum Gasteiger partial charge on any atom is -0.230 e. The standard InChI is InChI=1S/C8H3BrClFN2/c9-8-12-3-4-1-5(11)2-6(10)7(4)13-8/h1-3H. The first-order chi connectivity index (χ1) is 6.16. The average molecular weight is 261 g/mol. The number of fused-ring (bicyclic) bond motifs is 1. The number of rotatable bonds is 0. The summed E-state index contributed by atoms with van der Waals surface area (Å²) < 4.78 is 13.3. The molecule has 1 aromatic heterocycles. The molecule has 0 saturated heterocycles. The van der Waals surface area contributed by atoms with E-state index in [0.717, 1.165) is 0 Å². The molecular weight excluding hydrogens is 258 g/mol. The van der Waals surface area contributed by atoms with Crippen molar-refractivity contribution >= 4 is 38.4 Å². The molecule has 2 rings (SSSR count). The Hall–Kier alpha value is -0.740. The van der Waals surface area contributed by atoms with Crippen molar-refractivity contribution in [3.8, 4) is 0 Å². The summed E-state index contributed by atoms with van der Waals surface area (Å²) in [5.41, 5.74) is 0.546. The van der Waals surface area contributed by atoms with Crippen LogP contribution in [0.25, 0.3) is 10.9 Å². The van der Waals surface area contributed by atoms with E-state index < -0.39 is 0 Å². The van der Waals surface area contributed by atoms with E-state index in [9.17, 15) is 4.39 Å². The lowest BCUT2D eigenvalue weighted by Gasteiger charge is -1.99. The van der Waals surface area contributed by atoms with Crippen molar-refractivity contribution in [1.82, 2.24) is 9.97 Å². The van der Waals surface area contributed by atoms with Crippen molar-refractivity contribution in [2.45, 2.75) is 0 Å². The van der Waals surface area contributed by atoms with Crippen molar-refractivity contribution in [3.63, 3.8) is 0 Å². The topological polar surface area (TPSA) is 25.8 Å². The van der Waals surface area contributed by atoms with Gasteiger partial charge in [-0.05, 0) is 28.1 Å². The van der Waals surface area contributed by atoms with Crippen LogP contribution >= 0.6 is 27.5 Å². The number of hydrogen-bond acceptors (Lipinski definition) is 2. The molecule has 0 bridgehead atoms. The largest absolute Gasteiger partial charge is 0.230 e. The van der Waals surface area contributed by atoms with Crippen LogP contribution in [0.4, 0.5) is 4.39 Å². The summed E-state index contributed by atoms with van der Waals surface area (Å²) in [6, 6.07) is 2.57. The summed E-state index contributed by atoms with van der Waals surface area (Å²) in [5.74, 6) is -0.386. The van der Waals surface area contributed by atoms with E-state index in [-0.39, 0.29) is 10.8 Å². The molecule has 5 heteroatoms. The highest BCUT2D eigenvalue weighted by Gasteiger charge is 2.04. The Morgan fingerprint density at radius 3 is 2.92 bits per heavy atom. The Bertz CT molecular complexity index is 475. The van der Waals surface area contributed by atoms with Crippen LogP contribution in [0.1, 0.15) is 0 Å². The Balaban J connectivity index is 2.87. The summed E-state index contributed by atoms with van der Waals surface area (Å²) in [6.45, 7) is 0. The van der Waals surface area contributed by atoms with Gasteiger partial charge in [-0.15, -0.1) is 0 Å². The zero-order valence-electron chi connectivity index (χ0n) is 6.26. The smallest absolute Gasteiger partial charge is 0.197 e. The van der Waals surface area contributed by atoms with Crippen molar-refractivity contribution in [2.24, 2.45) is 0 Å². The Morgan fingerprint density at radius 1 is 1.38 bits per heavy atom. The molecule has 2 aromatic rings. The van der Waals surface area contributed by atoms with Gasteiger partial charge in [0.25, 0.3) is 0 Å². The first kappa shape index (κ1) is 8.84. The summed E-state index contributed by atoms with van der Waals surface area (Å²) in [5, 5.41) is 0.881. The van der Waals surface area contributed by atoms with E-state index in [1.54, 1.807) is 0 Å². The fourth-order valence-electron chi connectivity index (χ4n) is 1.05. The number of nitrogens with zero attached hydrogens (tertiary/aromatic N) is 2. The second-order valence-electron chi connectivity index (χ2n) is 2.46. The summed E-state index contributed by atoms with van der Waals surface area (Å²) in [6.07, 6.45) is 1.52. The predicted octanol–water partition coefficient (Wildman–Crippen LogP) is 3.18. The molecule has 0 atom stereocenters. The molecule has 0 fully saturated rings. The average Bonchev–Trinajstić information content (AvgIpc) is 2.06. The first-order valence-corrected chi connectivity index (χ1v) is 4.61. The second-order valence-corrected chi connectivity index (χ2v) is 3.58. The highest BCUT2D eigenvalue weighted by Crippen LogP contribution is 2.23. The van der Waals surface area contributed by atoms with Gasteiger partial charge in [0.05, 0.1) is 10.5 Å². The third-order valence-corrected chi connectivity index (χ3v) is 2.24. The van der Waals surface area contributed by atoms with Gasteiger partial charge in [0.2, 0.25) is 0 Å².